The molecule has 2 aromatic rings. The standard InChI is InChI=1S/C21H28N2O2/c1-15-9-7-10-17(13-15)14-23-12-8-11-18(20(23)25)19(24)22(6)16(2)21(3,4)5/h7-13,16H,14H2,1-6H3/t16-/m0/s1. The van der Waals surface area contributed by atoms with Gasteiger partial charge in [0.15, 0.2) is 0 Å². The fourth-order valence-corrected chi connectivity index (χ4v) is 2.78. The van der Waals surface area contributed by atoms with E-state index >= 15 is 0 Å². The van der Waals surface area contributed by atoms with Crippen LogP contribution in [0, 0.1) is 12.3 Å². The fraction of sp³-hybridized carbons (Fsp3) is 0.429. The molecule has 0 fully saturated rings. The highest BCUT2D eigenvalue weighted by Gasteiger charge is 2.28. The molecule has 0 unspecified atom stereocenters. The molecule has 0 aliphatic heterocycles. The van der Waals surface area contributed by atoms with E-state index in [0.29, 0.717) is 6.54 Å². The van der Waals surface area contributed by atoms with Crippen LogP contribution >= 0.6 is 0 Å². The Morgan fingerprint density at radius 1 is 1.20 bits per heavy atom. The van der Waals surface area contributed by atoms with Gasteiger partial charge in [-0.25, -0.2) is 0 Å². The zero-order valence-corrected chi connectivity index (χ0v) is 16.0. The maximum absolute atomic E-state index is 12.8. The molecule has 0 spiro atoms. The molecule has 134 valence electrons. The van der Waals surface area contributed by atoms with Crippen LogP contribution in [-0.4, -0.2) is 28.5 Å². The van der Waals surface area contributed by atoms with E-state index in [1.165, 1.54) is 0 Å². The third-order valence-corrected chi connectivity index (χ3v) is 4.84. The SMILES string of the molecule is Cc1cccc(Cn2cccc(C(=O)N(C)[C@@H](C)C(C)(C)C)c2=O)c1. The predicted molar refractivity (Wildman–Crippen MR) is 102 cm³/mol. The normalized spacial score (nSPS) is 12.7. The van der Waals surface area contributed by atoms with E-state index in [2.05, 4.69) is 26.8 Å². The summed E-state index contributed by atoms with van der Waals surface area (Å²) in [5.74, 6) is -0.231. The highest BCUT2D eigenvalue weighted by atomic mass is 16.2. The summed E-state index contributed by atoms with van der Waals surface area (Å²) in [4.78, 5) is 27.3. The van der Waals surface area contributed by atoms with Gasteiger partial charge in [0.1, 0.15) is 5.56 Å². The van der Waals surface area contributed by atoms with Crippen LogP contribution in [0.25, 0.3) is 0 Å². The Kier molecular flexibility index (Phi) is 5.51. The van der Waals surface area contributed by atoms with Crippen molar-refractivity contribution in [2.24, 2.45) is 5.41 Å². The zero-order valence-electron chi connectivity index (χ0n) is 16.0. The number of aromatic nitrogens is 1. The number of benzene rings is 1. The van der Waals surface area contributed by atoms with Crippen molar-refractivity contribution < 1.29 is 4.79 Å². The Balaban J connectivity index is 2.32. The first kappa shape index (κ1) is 19.0. The molecule has 1 aromatic carbocycles. The summed E-state index contributed by atoms with van der Waals surface area (Å²) in [5.41, 5.74) is 2.11. The van der Waals surface area contributed by atoms with Gasteiger partial charge in [-0.3, -0.25) is 9.59 Å². The highest BCUT2D eigenvalue weighted by Crippen LogP contribution is 2.23. The molecule has 0 radical (unpaired) electrons. The van der Waals surface area contributed by atoms with Crippen LogP contribution in [0.4, 0.5) is 0 Å². The molecule has 0 bridgehead atoms. The first-order valence-electron chi connectivity index (χ1n) is 8.63. The smallest absolute Gasteiger partial charge is 0.263 e. The van der Waals surface area contributed by atoms with E-state index in [4.69, 9.17) is 0 Å². The number of carbonyl (C=O) groups is 1. The number of aryl methyl sites for hydroxylation is 1. The van der Waals surface area contributed by atoms with Crippen LogP contribution in [-0.2, 0) is 6.54 Å². The van der Waals surface area contributed by atoms with E-state index in [1.807, 2.05) is 32.0 Å². The van der Waals surface area contributed by atoms with Gasteiger partial charge >= 0.3 is 0 Å². The molecule has 1 heterocycles. The molecule has 0 aliphatic rings. The molecule has 4 heteroatoms. The van der Waals surface area contributed by atoms with Crippen molar-refractivity contribution in [1.82, 2.24) is 9.47 Å². The number of carbonyl (C=O) groups excluding carboxylic acids is 1. The van der Waals surface area contributed by atoms with Gasteiger partial charge < -0.3 is 9.47 Å². The Morgan fingerprint density at radius 3 is 2.48 bits per heavy atom. The third-order valence-electron chi connectivity index (χ3n) is 4.84. The van der Waals surface area contributed by atoms with Crippen LogP contribution < -0.4 is 5.56 Å². The van der Waals surface area contributed by atoms with Crippen LogP contribution in [0.3, 0.4) is 0 Å². The summed E-state index contributed by atoms with van der Waals surface area (Å²) in [5, 5.41) is 0. The lowest BCUT2D eigenvalue weighted by Gasteiger charge is -2.35. The van der Waals surface area contributed by atoms with Crippen LogP contribution in [0.2, 0.25) is 0 Å². The first-order valence-corrected chi connectivity index (χ1v) is 8.63. The number of rotatable bonds is 4. The summed E-state index contributed by atoms with van der Waals surface area (Å²) >= 11 is 0. The molecule has 1 atom stereocenters. The first-order chi connectivity index (χ1) is 11.6. The molecule has 2 rings (SSSR count). The molecule has 1 aromatic heterocycles. The predicted octanol–water partition coefficient (Wildman–Crippen LogP) is 3.71. The summed E-state index contributed by atoms with van der Waals surface area (Å²) in [6.45, 7) is 10.7. The Bertz CT molecular complexity index is 815. The van der Waals surface area contributed by atoms with Gasteiger partial charge in [0.05, 0.1) is 6.54 Å². The summed E-state index contributed by atoms with van der Waals surface area (Å²) in [6, 6.07) is 11.4. The highest BCUT2D eigenvalue weighted by molar-refractivity contribution is 5.93. The lowest BCUT2D eigenvalue weighted by Crippen LogP contribution is -2.45. The molecule has 1 amide bonds. The van der Waals surface area contributed by atoms with Gasteiger partial charge in [-0.1, -0.05) is 50.6 Å². The van der Waals surface area contributed by atoms with Gasteiger partial charge in [-0.05, 0) is 37.0 Å². The maximum atomic E-state index is 12.8. The Morgan fingerprint density at radius 2 is 1.88 bits per heavy atom. The average Bonchev–Trinajstić information content (AvgIpc) is 2.54. The molecule has 0 aliphatic carbocycles. The summed E-state index contributed by atoms with van der Waals surface area (Å²) in [6.07, 6.45) is 1.73. The van der Waals surface area contributed by atoms with Crippen molar-refractivity contribution in [2.75, 3.05) is 7.05 Å². The fourth-order valence-electron chi connectivity index (χ4n) is 2.78. The monoisotopic (exact) mass is 340 g/mol. The quantitative estimate of drug-likeness (QED) is 0.851. The molecule has 0 saturated carbocycles. The molecule has 0 saturated heterocycles. The van der Waals surface area contributed by atoms with Gasteiger partial charge in [0.25, 0.3) is 11.5 Å². The van der Waals surface area contributed by atoms with E-state index in [9.17, 15) is 9.59 Å². The molecule has 0 N–H and O–H groups in total. The van der Waals surface area contributed by atoms with Gasteiger partial charge in [-0.15, -0.1) is 0 Å². The van der Waals surface area contributed by atoms with E-state index in [-0.39, 0.29) is 28.5 Å². The van der Waals surface area contributed by atoms with Crippen molar-refractivity contribution in [2.45, 2.75) is 47.2 Å². The second kappa shape index (κ2) is 7.26. The van der Waals surface area contributed by atoms with Crippen LogP contribution in [0.1, 0.15) is 49.2 Å². The number of pyridine rings is 1. The summed E-state index contributed by atoms with van der Waals surface area (Å²) in [7, 11) is 1.76. The van der Waals surface area contributed by atoms with Crippen molar-refractivity contribution in [3.05, 3.63) is 69.6 Å². The second-order valence-corrected chi connectivity index (χ2v) is 7.80. The third kappa shape index (κ3) is 4.38. The molecule has 25 heavy (non-hydrogen) atoms. The van der Waals surface area contributed by atoms with Crippen molar-refractivity contribution >= 4 is 5.91 Å². The van der Waals surface area contributed by atoms with E-state index < -0.39 is 0 Å². The zero-order chi connectivity index (χ0) is 18.8. The second-order valence-electron chi connectivity index (χ2n) is 7.80. The Hall–Kier alpha value is -2.36. The topological polar surface area (TPSA) is 42.3 Å². The van der Waals surface area contributed by atoms with Crippen LogP contribution in [0.15, 0.2) is 47.4 Å². The van der Waals surface area contributed by atoms with Crippen molar-refractivity contribution in [1.29, 1.82) is 0 Å². The maximum Gasteiger partial charge on any atom is 0.263 e. The minimum absolute atomic E-state index is 0.0184. The van der Waals surface area contributed by atoms with E-state index in [0.717, 1.165) is 11.1 Å². The molecular formula is C21H28N2O2. The largest absolute Gasteiger partial charge is 0.338 e. The van der Waals surface area contributed by atoms with Gasteiger partial charge in [-0.2, -0.15) is 0 Å². The summed E-state index contributed by atoms with van der Waals surface area (Å²) < 4.78 is 1.59. The van der Waals surface area contributed by atoms with Crippen LogP contribution in [0.5, 0.6) is 0 Å². The van der Waals surface area contributed by atoms with E-state index in [1.54, 1.807) is 34.8 Å². The number of nitrogens with zero attached hydrogens (tertiary/aromatic N) is 2. The number of hydrogen-bond acceptors (Lipinski definition) is 2. The Labute approximate surface area is 150 Å². The molecular weight excluding hydrogens is 312 g/mol. The van der Waals surface area contributed by atoms with Gasteiger partial charge in [0.2, 0.25) is 0 Å². The lowest BCUT2D eigenvalue weighted by molar-refractivity contribution is 0.0627. The average molecular weight is 340 g/mol. The van der Waals surface area contributed by atoms with Gasteiger partial charge in [0, 0.05) is 19.3 Å². The molecule has 4 nitrogen and oxygen atoms in total. The lowest BCUT2D eigenvalue weighted by atomic mass is 9.87. The minimum atomic E-state index is -0.248. The minimum Gasteiger partial charge on any atom is -0.338 e. The number of hydrogen-bond donors (Lipinski definition) is 0. The van der Waals surface area contributed by atoms with Crippen molar-refractivity contribution in [3.63, 3.8) is 0 Å². The van der Waals surface area contributed by atoms with Crippen molar-refractivity contribution in [3.8, 4) is 0 Å². The number of amides is 1.